The summed E-state index contributed by atoms with van der Waals surface area (Å²) in [6, 6.07) is 4.99. The molecule has 0 N–H and O–H groups in total. The van der Waals surface area contributed by atoms with E-state index in [1.165, 1.54) is 7.11 Å². The first-order valence-corrected chi connectivity index (χ1v) is 7.31. The molecule has 0 radical (unpaired) electrons. The molecule has 21 heavy (non-hydrogen) atoms. The fraction of sp³-hybridized carbons (Fsp3) is 0.467. The first-order valence-electron chi connectivity index (χ1n) is 6.56. The van der Waals surface area contributed by atoms with Gasteiger partial charge < -0.3 is 4.74 Å². The lowest BCUT2D eigenvalue weighted by atomic mass is 9.95. The number of ether oxygens (including phenoxy) is 1. The number of hydrogen-bond acceptors (Lipinski definition) is 4. The zero-order valence-electron chi connectivity index (χ0n) is 12.4. The molecule has 0 unspecified atom stereocenters. The average molecular weight is 326 g/mol. The van der Waals surface area contributed by atoms with Gasteiger partial charge in [0.1, 0.15) is 5.75 Å². The zero-order chi connectivity index (χ0) is 15.8. The van der Waals surface area contributed by atoms with Crippen LogP contribution in [0.2, 0.25) is 10.0 Å². The molecule has 112 valence electrons. The summed E-state index contributed by atoms with van der Waals surface area (Å²) in [6.45, 7) is 6.06. The molecular formula is C15H17Cl2N3O. The first kappa shape index (κ1) is 15.9. The molecule has 1 atom stereocenters. The molecule has 6 heteroatoms. The van der Waals surface area contributed by atoms with Gasteiger partial charge in [0, 0.05) is 22.7 Å². The third-order valence-electron chi connectivity index (χ3n) is 3.49. The van der Waals surface area contributed by atoms with Crippen molar-refractivity contribution < 1.29 is 4.74 Å². The Hall–Kier alpha value is -1.44. The Morgan fingerprint density at radius 2 is 2.10 bits per heavy atom. The summed E-state index contributed by atoms with van der Waals surface area (Å²) in [4.78, 5) is 0. The molecule has 0 saturated carbocycles. The molecule has 0 amide bonds. The minimum atomic E-state index is -0.608. The van der Waals surface area contributed by atoms with E-state index in [9.17, 15) is 5.26 Å². The molecule has 0 bridgehead atoms. The van der Waals surface area contributed by atoms with E-state index in [-0.39, 0.29) is 5.54 Å². The zero-order valence-corrected chi connectivity index (χ0v) is 14.0. The van der Waals surface area contributed by atoms with Crippen molar-refractivity contribution in [2.24, 2.45) is 5.10 Å². The highest BCUT2D eigenvalue weighted by atomic mass is 35.5. The fourth-order valence-corrected chi connectivity index (χ4v) is 3.31. The van der Waals surface area contributed by atoms with Gasteiger partial charge in [0.15, 0.2) is 6.04 Å². The Kier molecular flexibility index (Phi) is 4.36. The highest BCUT2D eigenvalue weighted by molar-refractivity contribution is 6.35. The first-order chi connectivity index (χ1) is 9.80. The second kappa shape index (κ2) is 5.75. The highest BCUT2D eigenvalue weighted by Gasteiger charge is 2.39. The van der Waals surface area contributed by atoms with E-state index < -0.39 is 6.04 Å². The van der Waals surface area contributed by atoms with Crippen LogP contribution >= 0.6 is 23.2 Å². The highest BCUT2D eigenvalue weighted by Crippen LogP contribution is 2.42. The Labute approximate surface area is 134 Å². The number of rotatable bonds is 3. The maximum absolute atomic E-state index is 9.66. The largest absolute Gasteiger partial charge is 0.495 e. The van der Waals surface area contributed by atoms with Crippen molar-refractivity contribution in [1.82, 2.24) is 5.01 Å². The van der Waals surface area contributed by atoms with Gasteiger partial charge in [0.2, 0.25) is 0 Å². The van der Waals surface area contributed by atoms with E-state index in [4.69, 9.17) is 27.9 Å². The molecule has 0 aromatic heterocycles. The molecule has 1 aromatic carbocycles. The maximum atomic E-state index is 9.66. The Balaban J connectivity index is 2.56. The van der Waals surface area contributed by atoms with Gasteiger partial charge in [-0.3, -0.25) is 5.01 Å². The summed E-state index contributed by atoms with van der Waals surface area (Å²) in [6.07, 6.45) is 0.807. The Morgan fingerprint density at radius 3 is 2.57 bits per heavy atom. The van der Waals surface area contributed by atoms with Crippen LogP contribution in [-0.4, -0.2) is 23.4 Å². The van der Waals surface area contributed by atoms with Crippen molar-refractivity contribution in [1.29, 1.82) is 5.26 Å². The predicted molar refractivity (Wildman–Crippen MR) is 85.0 cm³/mol. The van der Waals surface area contributed by atoms with Crippen molar-refractivity contribution in [3.63, 3.8) is 0 Å². The molecular weight excluding hydrogens is 309 g/mol. The normalized spacial score (nSPS) is 18.1. The minimum absolute atomic E-state index is 0.246. The van der Waals surface area contributed by atoms with Gasteiger partial charge in [0.25, 0.3) is 0 Å². The van der Waals surface area contributed by atoms with E-state index in [0.29, 0.717) is 21.4 Å². The van der Waals surface area contributed by atoms with Crippen LogP contribution in [-0.2, 0) is 0 Å². The number of nitriles is 1. The minimum Gasteiger partial charge on any atom is -0.495 e. The van der Waals surface area contributed by atoms with Gasteiger partial charge in [-0.05, 0) is 32.9 Å². The second-order valence-corrected chi connectivity index (χ2v) is 6.55. The van der Waals surface area contributed by atoms with Gasteiger partial charge >= 0.3 is 0 Å². The molecule has 0 fully saturated rings. The van der Waals surface area contributed by atoms with E-state index >= 15 is 0 Å². The van der Waals surface area contributed by atoms with Gasteiger partial charge in [-0.15, -0.1) is 0 Å². The van der Waals surface area contributed by atoms with Crippen LogP contribution in [0.4, 0.5) is 0 Å². The molecule has 0 saturated heterocycles. The van der Waals surface area contributed by atoms with Crippen LogP contribution in [0.15, 0.2) is 17.2 Å². The number of halogens is 2. The summed E-state index contributed by atoms with van der Waals surface area (Å²) in [5.41, 5.74) is 1.38. The predicted octanol–water partition coefficient (Wildman–Crippen LogP) is 4.43. The van der Waals surface area contributed by atoms with Gasteiger partial charge in [0.05, 0.1) is 23.7 Å². The fourth-order valence-electron chi connectivity index (χ4n) is 2.72. The lowest BCUT2D eigenvalue weighted by Crippen LogP contribution is -2.38. The quantitative estimate of drug-likeness (QED) is 0.826. The van der Waals surface area contributed by atoms with Crippen LogP contribution in [0.25, 0.3) is 0 Å². The summed E-state index contributed by atoms with van der Waals surface area (Å²) < 4.78 is 5.35. The third kappa shape index (κ3) is 2.95. The molecule has 4 nitrogen and oxygen atoms in total. The number of nitrogens with zero attached hydrogens (tertiary/aromatic N) is 3. The SMILES string of the molecule is COc1c(Cl)cc(Cl)cc1[C@H](C#N)N1N=C(C)CC1(C)C. The summed E-state index contributed by atoms with van der Waals surface area (Å²) in [7, 11) is 1.52. The van der Waals surface area contributed by atoms with Crippen molar-refractivity contribution in [3.8, 4) is 11.8 Å². The maximum Gasteiger partial charge on any atom is 0.162 e. The lowest BCUT2D eigenvalue weighted by molar-refractivity contribution is 0.121. The number of hydrazone groups is 1. The number of hydrogen-bond donors (Lipinski definition) is 0. The summed E-state index contributed by atoms with van der Waals surface area (Å²) in [5, 5.41) is 16.8. The molecule has 2 rings (SSSR count). The molecule has 0 spiro atoms. The van der Waals surface area contributed by atoms with E-state index in [1.807, 2.05) is 6.92 Å². The second-order valence-electron chi connectivity index (χ2n) is 5.71. The van der Waals surface area contributed by atoms with Crippen LogP contribution in [0, 0.1) is 11.3 Å². The van der Waals surface area contributed by atoms with Crippen molar-refractivity contribution in [2.75, 3.05) is 7.11 Å². The van der Waals surface area contributed by atoms with Crippen LogP contribution in [0.3, 0.4) is 0 Å². The van der Waals surface area contributed by atoms with Gasteiger partial charge in [-0.2, -0.15) is 10.4 Å². The molecule has 1 aliphatic heterocycles. The van der Waals surface area contributed by atoms with E-state index in [2.05, 4.69) is 25.0 Å². The van der Waals surface area contributed by atoms with Crippen molar-refractivity contribution in [2.45, 2.75) is 38.8 Å². The monoisotopic (exact) mass is 325 g/mol. The lowest BCUT2D eigenvalue weighted by Gasteiger charge is -2.34. The molecule has 1 aliphatic rings. The summed E-state index contributed by atoms with van der Waals surface area (Å²) >= 11 is 12.3. The summed E-state index contributed by atoms with van der Waals surface area (Å²) in [5.74, 6) is 0.461. The van der Waals surface area contributed by atoms with Crippen molar-refractivity contribution >= 4 is 28.9 Å². The third-order valence-corrected chi connectivity index (χ3v) is 3.99. The smallest absolute Gasteiger partial charge is 0.162 e. The van der Waals surface area contributed by atoms with Gasteiger partial charge in [-0.25, -0.2) is 0 Å². The molecule has 1 aromatic rings. The number of benzene rings is 1. The van der Waals surface area contributed by atoms with E-state index in [0.717, 1.165) is 12.1 Å². The van der Waals surface area contributed by atoms with Crippen LogP contribution in [0.5, 0.6) is 5.75 Å². The number of methoxy groups -OCH3 is 1. The topological polar surface area (TPSA) is 48.6 Å². The Bertz CT molecular complexity index is 635. The van der Waals surface area contributed by atoms with Crippen molar-refractivity contribution in [3.05, 3.63) is 27.7 Å². The van der Waals surface area contributed by atoms with Crippen LogP contribution in [0.1, 0.15) is 38.8 Å². The van der Waals surface area contributed by atoms with Crippen LogP contribution < -0.4 is 4.74 Å². The molecule has 0 aliphatic carbocycles. The standard InChI is InChI=1S/C15H17Cl2N3O/c1-9-7-15(2,3)20(19-9)13(8-18)11-5-10(16)6-12(17)14(11)21-4/h5-6,13H,7H2,1-4H3/t13-/m0/s1. The molecule has 1 heterocycles. The van der Waals surface area contributed by atoms with Gasteiger partial charge in [-0.1, -0.05) is 23.2 Å². The van der Waals surface area contributed by atoms with E-state index in [1.54, 1.807) is 17.1 Å². The average Bonchev–Trinajstić information content (AvgIpc) is 2.63. The Morgan fingerprint density at radius 1 is 1.43 bits per heavy atom.